The van der Waals surface area contributed by atoms with E-state index in [0.29, 0.717) is 19.8 Å². The van der Waals surface area contributed by atoms with E-state index >= 15 is 0 Å². The molecule has 0 spiro atoms. The number of thiophene rings is 1. The van der Waals surface area contributed by atoms with Gasteiger partial charge in [-0.3, -0.25) is 14.5 Å². The average molecular weight is 538 g/mol. The smallest absolute Gasteiger partial charge is 0.266 e. The molecule has 2 aromatic rings. The van der Waals surface area contributed by atoms with E-state index in [9.17, 15) is 14.9 Å². The number of amides is 2. The SMILES string of the molecule is N#Cc1c(NC(=O)CN2C(=O)/C(=C/c3ccc(OC4CCCCC4)cc3)SC2=S)sc2c1CCCC2. The lowest BCUT2D eigenvalue weighted by molar-refractivity contribution is -0.126. The summed E-state index contributed by atoms with van der Waals surface area (Å²) >= 11 is 8.07. The molecule has 0 bridgehead atoms. The van der Waals surface area contributed by atoms with Crippen molar-refractivity contribution in [2.45, 2.75) is 63.9 Å². The minimum atomic E-state index is -0.355. The van der Waals surface area contributed by atoms with Crippen molar-refractivity contribution in [3.63, 3.8) is 0 Å². The summed E-state index contributed by atoms with van der Waals surface area (Å²) < 4.78 is 6.44. The van der Waals surface area contributed by atoms with E-state index in [2.05, 4.69) is 11.4 Å². The number of nitrogens with one attached hydrogen (secondary N) is 1. The number of aryl methyl sites for hydroxylation is 1. The van der Waals surface area contributed by atoms with Crippen molar-refractivity contribution in [2.75, 3.05) is 11.9 Å². The number of carbonyl (C=O) groups excluding carboxylic acids is 2. The minimum absolute atomic E-state index is 0.177. The zero-order valence-corrected chi connectivity index (χ0v) is 22.3. The predicted octanol–water partition coefficient (Wildman–Crippen LogP) is 6.05. The molecule has 2 amide bonds. The number of thiocarbonyl (C=S) groups is 1. The third-order valence-electron chi connectivity index (χ3n) is 6.74. The fourth-order valence-corrected chi connectivity index (χ4v) is 7.40. The summed E-state index contributed by atoms with van der Waals surface area (Å²) in [5, 5.41) is 13.0. The zero-order chi connectivity index (χ0) is 25.1. The van der Waals surface area contributed by atoms with Crippen LogP contribution in [0.3, 0.4) is 0 Å². The summed E-state index contributed by atoms with van der Waals surface area (Å²) in [6.07, 6.45) is 12.0. The Balaban J connectivity index is 1.21. The molecule has 2 fully saturated rings. The number of fused-ring (bicyclic) bond motifs is 1. The second kappa shape index (κ2) is 11.2. The van der Waals surface area contributed by atoms with Crippen molar-refractivity contribution in [1.82, 2.24) is 4.90 Å². The van der Waals surface area contributed by atoms with Crippen LogP contribution in [0.5, 0.6) is 5.75 Å². The Labute approximate surface area is 224 Å². The number of hydrogen-bond acceptors (Lipinski definition) is 7. The molecule has 3 aliphatic rings. The van der Waals surface area contributed by atoms with Crippen LogP contribution in [0.15, 0.2) is 29.2 Å². The van der Waals surface area contributed by atoms with Crippen LogP contribution >= 0.6 is 35.3 Å². The van der Waals surface area contributed by atoms with Crippen LogP contribution in [0, 0.1) is 11.3 Å². The lowest BCUT2D eigenvalue weighted by atomic mass is 9.96. The van der Waals surface area contributed by atoms with Crippen LogP contribution in [0.2, 0.25) is 0 Å². The van der Waals surface area contributed by atoms with Gasteiger partial charge in [-0.05, 0) is 80.7 Å². The summed E-state index contributed by atoms with van der Waals surface area (Å²) in [4.78, 5) is 28.8. The zero-order valence-electron chi connectivity index (χ0n) is 19.9. The number of thioether (sulfide) groups is 1. The van der Waals surface area contributed by atoms with Crippen molar-refractivity contribution in [3.05, 3.63) is 50.7 Å². The molecule has 1 aromatic carbocycles. The summed E-state index contributed by atoms with van der Waals surface area (Å²) in [6, 6.07) is 9.97. The lowest BCUT2D eigenvalue weighted by Gasteiger charge is -2.22. The van der Waals surface area contributed by atoms with E-state index < -0.39 is 0 Å². The highest BCUT2D eigenvalue weighted by atomic mass is 32.2. The van der Waals surface area contributed by atoms with Crippen molar-refractivity contribution in [3.8, 4) is 11.8 Å². The molecule has 2 aliphatic carbocycles. The molecular weight excluding hydrogens is 511 g/mol. The number of ether oxygens (including phenoxy) is 1. The van der Waals surface area contributed by atoms with Crippen LogP contribution in [-0.2, 0) is 22.4 Å². The second-order valence-corrected chi connectivity index (χ2v) is 12.1. The number of benzene rings is 1. The Morgan fingerprint density at radius 3 is 2.67 bits per heavy atom. The van der Waals surface area contributed by atoms with E-state index in [0.717, 1.165) is 55.4 Å². The van der Waals surface area contributed by atoms with Crippen molar-refractivity contribution < 1.29 is 14.3 Å². The van der Waals surface area contributed by atoms with Gasteiger partial charge < -0.3 is 10.1 Å². The maximum absolute atomic E-state index is 13.0. The van der Waals surface area contributed by atoms with Crippen molar-refractivity contribution >= 4 is 62.5 Å². The average Bonchev–Trinajstić information content (AvgIpc) is 3.37. The molecule has 0 radical (unpaired) electrons. The van der Waals surface area contributed by atoms with Gasteiger partial charge in [0.05, 0.1) is 16.6 Å². The Hall–Kier alpha value is -2.67. The van der Waals surface area contributed by atoms with Gasteiger partial charge in [0.15, 0.2) is 0 Å². The second-order valence-electron chi connectivity index (χ2n) is 9.29. The Morgan fingerprint density at radius 2 is 1.92 bits per heavy atom. The van der Waals surface area contributed by atoms with Gasteiger partial charge in [-0.15, -0.1) is 11.3 Å². The molecule has 1 aromatic heterocycles. The normalized spacial score (nSPS) is 19.3. The highest BCUT2D eigenvalue weighted by molar-refractivity contribution is 8.26. The van der Waals surface area contributed by atoms with Gasteiger partial charge in [-0.1, -0.05) is 42.5 Å². The van der Waals surface area contributed by atoms with Gasteiger partial charge in [0.2, 0.25) is 5.91 Å². The van der Waals surface area contributed by atoms with Crippen LogP contribution in [0.25, 0.3) is 6.08 Å². The number of rotatable bonds is 6. The van der Waals surface area contributed by atoms with Crippen LogP contribution in [0.4, 0.5) is 5.00 Å². The first-order valence-electron chi connectivity index (χ1n) is 12.4. The lowest BCUT2D eigenvalue weighted by Crippen LogP contribution is -2.36. The van der Waals surface area contributed by atoms with Gasteiger partial charge in [0.25, 0.3) is 5.91 Å². The van der Waals surface area contributed by atoms with Gasteiger partial charge in [-0.2, -0.15) is 5.26 Å². The number of nitrogens with zero attached hydrogens (tertiary/aromatic N) is 2. The Morgan fingerprint density at radius 1 is 1.17 bits per heavy atom. The highest BCUT2D eigenvalue weighted by Crippen LogP contribution is 2.38. The van der Waals surface area contributed by atoms with Crippen LogP contribution < -0.4 is 10.1 Å². The molecular formula is C27H27N3O3S3. The quantitative estimate of drug-likeness (QED) is 0.357. The van der Waals surface area contributed by atoms with Crippen molar-refractivity contribution in [2.24, 2.45) is 0 Å². The molecule has 0 unspecified atom stereocenters. The monoisotopic (exact) mass is 537 g/mol. The number of carbonyl (C=O) groups is 2. The maximum atomic E-state index is 13.0. The molecule has 1 N–H and O–H groups in total. The topological polar surface area (TPSA) is 82.4 Å². The summed E-state index contributed by atoms with van der Waals surface area (Å²) in [7, 11) is 0. The first-order valence-corrected chi connectivity index (χ1v) is 14.4. The van der Waals surface area contributed by atoms with E-state index in [1.807, 2.05) is 24.3 Å². The van der Waals surface area contributed by atoms with E-state index in [-0.39, 0.29) is 24.5 Å². The Bertz CT molecular complexity index is 1250. The van der Waals surface area contributed by atoms with Crippen molar-refractivity contribution in [1.29, 1.82) is 5.26 Å². The minimum Gasteiger partial charge on any atom is -0.490 e. The maximum Gasteiger partial charge on any atom is 0.266 e. The molecule has 0 atom stereocenters. The molecule has 2 heterocycles. The first kappa shape index (κ1) is 25.0. The molecule has 1 saturated heterocycles. The van der Waals surface area contributed by atoms with Crippen LogP contribution in [0.1, 0.15) is 66.5 Å². The fourth-order valence-electron chi connectivity index (χ4n) is 4.89. The van der Waals surface area contributed by atoms with E-state index in [1.165, 1.54) is 52.1 Å². The predicted molar refractivity (Wildman–Crippen MR) is 148 cm³/mol. The Kier molecular flexibility index (Phi) is 7.75. The molecule has 1 saturated carbocycles. The van der Waals surface area contributed by atoms with Gasteiger partial charge >= 0.3 is 0 Å². The number of hydrogen-bond donors (Lipinski definition) is 1. The van der Waals surface area contributed by atoms with E-state index in [1.54, 1.807) is 6.08 Å². The van der Waals surface area contributed by atoms with Gasteiger partial charge in [0.1, 0.15) is 27.7 Å². The van der Waals surface area contributed by atoms with E-state index in [4.69, 9.17) is 17.0 Å². The molecule has 9 heteroatoms. The molecule has 5 rings (SSSR count). The standard InChI is InChI=1S/C27H27N3O3S3/c28-15-21-20-8-4-5-9-22(20)35-25(21)29-24(31)16-30-26(32)23(36-27(30)34)14-17-10-12-19(13-11-17)33-18-6-2-1-3-7-18/h10-14,18H,1-9,16H2,(H,29,31)/b23-14-. The fraction of sp³-hybridized carbons (Fsp3) is 0.407. The molecule has 186 valence electrons. The molecule has 36 heavy (non-hydrogen) atoms. The molecule has 1 aliphatic heterocycles. The summed E-state index contributed by atoms with van der Waals surface area (Å²) in [5.41, 5.74) is 2.50. The third kappa shape index (κ3) is 5.51. The number of nitriles is 1. The largest absolute Gasteiger partial charge is 0.490 e. The third-order valence-corrected chi connectivity index (χ3v) is 9.33. The van der Waals surface area contributed by atoms with Crippen LogP contribution in [-0.4, -0.2) is 33.7 Å². The summed E-state index contributed by atoms with van der Waals surface area (Å²) in [6.45, 7) is -0.177. The summed E-state index contributed by atoms with van der Waals surface area (Å²) in [5.74, 6) is 0.204. The first-order chi connectivity index (χ1) is 17.5. The number of anilines is 1. The molecule has 6 nitrogen and oxygen atoms in total. The van der Waals surface area contributed by atoms with Gasteiger partial charge in [-0.25, -0.2) is 0 Å². The highest BCUT2D eigenvalue weighted by Gasteiger charge is 2.34. The van der Waals surface area contributed by atoms with Gasteiger partial charge in [0, 0.05) is 4.88 Å².